The molecule has 194 valence electrons. The number of rotatable bonds is 7. The molecule has 1 aromatic rings. The Hall–Kier alpha value is -2.42. The molecule has 2 fully saturated rings. The predicted molar refractivity (Wildman–Crippen MR) is 138 cm³/mol. The summed E-state index contributed by atoms with van der Waals surface area (Å²) in [5.41, 5.74) is -0.416. The Morgan fingerprint density at radius 3 is 2.49 bits per heavy atom. The van der Waals surface area contributed by atoms with E-state index in [1.807, 2.05) is 18.1 Å². The number of aldehydes is 1. The van der Waals surface area contributed by atoms with Gasteiger partial charge in [-0.15, -0.1) is 0 Å². The van der Waals surface area contributed by atoms with Gasteiger partial charge < -0.3 is 29.9 Å². The molecule has 0 aromatic carbocycles. The highest BCUT2D eigenvalue weighted by Crippen LogP contribution is 2.41. The van der Waals surface area contributed by atoms with E-state index in [1.165, 1.54) is 12.8 Å². The summed E-state index contributed by atoms with van der Waals surface area (Å²) in [6.45, 7) is 8.70. The third-order valence-electron chi connectivity index (χ3n) is 8.26. The second-order valence-electron chi connectivity index (χ2n) is 11.1. The van der Waals surface area contributed by atoms with Crippen LogP contribution in [0.4, 0.5) is 17.5 Å². The van der Waals surface area contributed by atoms with Crippen LogP contribution in [-0.4, -0.2) is 82.1 Å². The molecule has 1 aliphatic carbocycles. The number of hydrogen-bond donors (Lipinski definition) is 2. The summed E-state index contributed by atoms with van der Waals surface area (Å²) in [6.07, 6.45) is 10.3. The van der Waals surface area contributed by atoms with E-state index < -0.39 is 5.60 Å². The van der Waals surface area contributed by atoms with Crippen molar-refractivity contribution in [2.45, 2.75) is 102 Å². The number of likely N-dealkylation sites (N-methyl/N-ethyl adjacent to an activating group) is 1. The maximum absolute atomic E-state index is 12.4. The SMILES string of the molecule is CCC1C(C=O)N(C)c2cnc(NC(C)C3CCN(C(=O)C(C)(C)O)CC3)nc2N1C1CCCC1. The maximum Gasteiger partial charge on any atom is 0.253 e. The topological polar surface area (TPSA) is 102 Å². The van der Waals surface area contributed by atoms with Crippen molar-refractivity contribution in [1.29, 1.82) is 0 Å². The zero-order chi connectivity index (χ0) is 25.3. The van der Waals surface area contributed by atoms with E-state index in [0.29, 0.717) is 31.0 Å². The largest absolute Gasteiger partial charge is 0.381 e. The molecule has 1 aromatic heterocycles. The van der Waals surface area contributed by atoms with E-state index >= 15 is 0 Å². The van der Waals surface area contributed by atoms with Gasteiger partial charge in [0.1, 0.15) is 17.9 Å². The third-order valence-corrected chi connectivity index (χ3v) is 8.26. The van der Waals surface area contributed by atoms with Crippen LogP contribution in [0.25, 0.3) is 0 Å². The van der Waals surface area contributed by atoms with Gasteiger partial charge in [-0.3, -0.25) is 4.79 Å². The van der Waals surface area contributed by atoms with Crippen LogP contribution in [0, 0.1) is 5.92 Å². The number of likely N-dealkylation sites (tertiary alicyclic amines) is 1. The molecule has 1 saturated heterocycles. The first-order valence-corrected chi connectivity index (χ1v) is 13.3. The summed E-state index contributed by atoms with van der Waals surface area (Å²) in [4.78, 5) is 40.3. The standard InChI is InChI=1S/C26H42N6O3/c1-6-20-22(16-33)30(5)21-15-27-25(29-23(21)32(20)19-9-7-8-10-19)28-17(2)18-11-13-31(14-12-18)24(34)26(3,4)35/h15-20,22,35H,6-14H2,1-5H3,(H,27,28,29). The van der Waals surface area contributed by atoms with Crippen LogP contribution in [0.5, 0.6) is 0 Å². The molecule has 9 heteroatoms. The van der Waals surface area contributed by atoms with Gasteiger partial charge in [-0.25, -0.2) is 4.98 Å². The van der Waals surface area contributed by atoms with Crippen LogP contribution in [0.3, 0.4) is 0 Å². The zero-order valence-corrected chi connectivity index (χ0v) is 21.9. The number of hydrogen-bond acceptors (Lipinski definition) is 8. The summed E-state index contributed by atoms with van der Waals surface area (Å²) in [7, 11) is 1.97. The second kappa shape index (κ2) is 10.3. The van der Waals surface area contributed by atoms with Crippen molar-refractivity contribution in [2.75, 3.05) is 35.3 Å². The molecule has 0 radical (unpaired) electrons. The Kier molecular flexibility index (Phi) is 7.54. The molecular weight excluding hydrogens is 444 g/mol. The quantitative estimate of drug-likeness (QED) is 0.568. The van der Waals surface area contributed by atoms with Gasteiger partial charge in [0.05, 0.1) is 17.9 Å². The molecule has 35 heavy (non-hydrogen) atoms. The van der Waals surface area contributed by atoms with Crippen molar-refractivity contribution < 1.29 is 14.7 Å². The van der Waals surface area contributed by atoms with Gasteiger partial charge in [0.25, 0.3) is 5.91 Å². The van der Waals surface area contributed by atoms with E-state index in [4.69, 9.17) is 4.98 Å². The van der Waals surface area contributed by atoms with Crippen molar-refractivity contribution in [1.82, 2.24) is 14.9 Å². The molecule has 3 atom stereocenters. The first-order valence-electron chi connectivity index (χ1n) is 13.3. The van der Waals surface area contributed by atoms with Crippen molar-refractivity contribution >= 4 is 29.6 Å². The maximum atomic E-state index is 12.4. The summed E-state index contributed by atoms with van der Waals surface area (Å²) >= 11 is 0. The molecule has 3 heterocycles. The van der Waals surface area contributed by atoms with Gasteiger partial charge in [-0.05, 0) is 58.8 Å². The summed E-state index contributed by atoms with van der Waals surface area (Å²) < 4.78 is 0. The number of piperidine rings is 1. The molecule has 3 aliphatic rings. The lowest BCUT2D eigenvalue weighted by Gasteiger charge is -2.48. The fraction of sp³-hybridized carbons (Fsp3) is 0.769. The van der Waals surface area contributed by atoms with E-state index in [-0.39, 0.29) is 24.0 Å². The monoisotopic (exact) mass is 486 g/mol. The Morgan fingerprint density at radius 1 is 1.26 bits per heavy atom. The van der Waals surface area contributed by atoms with Crippen LogP contribution in [0.1, 0.15) is 72.6 Å². The van der Waals surface area contributed by atoms with Gasteiger partial charge in [0, 0.05) is 32.2 Å². The Morgan fingerprint density at radius 2 is 1.91 bits per heavy atom. The first-order chi connectivity index (χ1) is 16.7. The Bertz CT molecular complexity index is 905. The van der Waals surface area contributed by atoms with E-state index in [9.17, 15) is 14.7 Å². The number of aromatic nitrogens is 2. The molecule has 2 aliphatic heterocycles. The molecule has 2 N–H and O–H groups in total. The smallest absolute Gasteiger partial charge is 0.253 e. The molecule has 3 unspecified atom stereocenters. The van der Waals surface area contributed by atoms with Crippen LogP contribution < -0.4 is 15.1 Å². The van der Waals surface area contributed by atoms with Gasteiger partial charge >= 0.3 is 0 Å². The number of fused-ring (bicyclic) bond motifs is 1. The number of amides is 1. The molecule has 0 bridgehead atoms. The molecule has 4 rings (SSSR count). The average Bonchev–Trinajstić information content (AvgIpc) is 3.37. The third kappa shape index (κ3) is 5.10. The summed E-state index contributed by atoms with van der Waals surface area (Å²) in [5, 5.41) is 13.6. The lowest BCUT2D eigenvalue weighted by Crippen LogP contribution is -2.58. The molecule has 1 saturated carbocycles. The van der Waals surface area contributed by atoms with Crippen LogP contribution in [-0.2, 0) is 9.59 Å². The number of nitrogens with zero attached hydrogens (tertiary/aromatic N) is 5. The highest BCUT2D eigenvalue weighted by molar-refractivity contribution is 5.84. The van der Waals surface area contributed by atoms with Gasteiger partial charge in [0.15, 0.2) is 5.82 Å². The molecule has 0 spiro atoms. The predicted octanol–water partition coefficient (Wildman–Crippen LogP) is 2.83. The minimum absolute atomic E-state index is 0.103. The van der Waals surface area contributed by atoms with Crippen LogP contribution in [0.15, 0.2) is 6.20 Å². The molecule has 1 amide bonds. The zero-order valence-electron chi connectivity index (χ0n) is 21.9. The molecular formula is C26H42N6O3. The van der Waals surface area contributed by atoms with E-state index in [2.05, 4.69) is 29.0 Å². The van der Waals surface area contributed by atoms with Crippen molar-refractivity contribution in [3.63, 3.8) is 0 Å². The van der Waals surface area contributed by atoms with Crippen LogP contribution >= 0.6 is 0 Å². The Labute approximate surface area is 209 Å². The van der Waals surface area contributed by atoms with Crippen molar-refractivity contribution in [2.24, 2.45) is 5.92 Å². The number of anilines is 3. The number of aliphatic hydroxyl groups is 1. The number of carbonyl (C=O) groups excluding carboxylic acids is 2. The van der Waals surface area contributed by atoms with E-state index in [0.717, 1.165) is 49.9 Å². The Balaban J connectivity index is 1.50. The average molecular weight is 487 g/mol. The van der Waals surface area contributed by atoms with Gasteiger partial charge in [0.2, 0.25) is 5.95 Å². The minimum Gasteiger partial charge on any atom is -0.381 e. The summed E-state index contributed by atoms with van der Waals surface area (Å²) in [6, 6.07) is 0.461. The normalized spacial score (nSPS) is 24.9. The lowest BCUT2D eigenvalue weighted by atomic mass is 9.89. The van der Waals surface area contributed by atoms with Crippen LogP contribution in [0.2, 0.25) is 0 Å². The first kappa shape index (κ1) is 25.7. The summed E-state index contributed by atoms with van der Waals surface area (Å²) in [5.74, 6) is 1.73. The number of nitrogens with one attached hydrogen (secondary N) is 1. The lowest BCUT2D eigenvalue weighted by molar-refractivity contribution is -0.149. The minimum atomic E-state index is -1.33. The van der Waals surface area contributed by atoms with E-state index in [1.54, 1.807) is 18.7 Å². The highest BCUT2D eigenvalue weighted by Gasteiger charge is 2.42. The van der Waals surface area contributed by atoms with Gasteiger partial charge in [-0.1, -0.05) is 19.8 Å². The van der Waals surface area contributed by atoms with Crippen molar-refractivity contribution in [3.05, 3.63) is 6.20 Å². The fourth-order valence-electron chi connectivity index (χ4n) is 6.17. The fourth-order valence-corrected chi connectivity index (χ4v) is 6.17. The van der Waals surface area contributed by atoms with Crippen molar-refractivity contribution in [3.8, 4) is 0 Å². The second-order valence-corrected chi connectivity index (χ2v) is 11.1. The number of carbonyl (C=O) groups is 2. The molecule has 9 nitrogen and oxygen atoms in total. The highest BCUT2D eigenvalue weighted by atomic mass is 16.3. The van der Waals surface area contributed by atoms with Gasteiger partial charge in [-0.2, -0.15) is 4.98 Å².